The Labute approximate surface area is 97.9 Å². The predicted octanol–water partition coefficient (Wildman–Crippen LogP) is 2.45. The van der Waals surface area contributed by atoms with Gasteiger partial charge in [-0.25, -0.2) is 14.8 Å². The highest BCUT2D eigenvalue weighted by molar-refractivity contribution is 5.88. The molecular weight excluding hydrogens is 253 g/mol. The number of carboxylic acid groups (broad SMARTS) is 1. The van der Waals surface area contributed by atoms with Gasteiger partial charge >= 0.3 is 12.1 Å². The number of carbonyl (C=O) groups is 1. The van der Waals surface area contributed by atoms with Crippen LogP contribution in [0.4, 0.5) is 13.2 Å². The summed E-state index contributed by atoms with van der Waals surface area (Å²) in [6.07, 6.45) is -3.02. The molecule has 2 heterocycles. The van der Waals surface area contributed by atoms with Crippen molar-refractivity contribution in [3.63, 3.8) is 0 Å². The summed E-state index contributed by atoms with van der Waals surface area (Å²) in [6, 6.07) is 2.83. The molecule has 8 heteroatoms. The smallest absolute Gasteiger partial charge is 0.434 e. The zero-order valence-corrected chi connectivity index (χ0v) is 8.60. The molecule has 0 amide bonds. The molecule has 5 nitrogen and oxygen atoms in total. The van der Waals surface area contributed by atoms with Crippen LogP contribution < -0.4 is 0 Å². The van der Waals surface area contributed by atoms with E-state index in [2.05, 4.69) is 9.97 Å². The van der Waals surface area contributed by atoms with Crippen molar-refractivity contribution in [1.29, 1.82) is 0 Å². The summed E-state index contributed by atoms with van der Waals surface area (Å²) in [7, 11) is 0. The van der Waals surface area contributed by atoms with Crippen LogP contribution in [-0.2, 0) is 6.18 Å². The Morgan fingerprint density at radius 1 is 1.39 bits per heavy atom. The number of halogens is 3. The topological polar surface area (TPSA) is 76.2 Å². The van der Waals surface area contributed by atoms with Crippen molar-refractivity contribution in [2.45, 2.75) is 6.18 Å². The van der Waals surface area contributed by atoms with Crippen LogP contribution in [0.25, 0.3) is 11.6 Å². The third-order valence-corrected chi connectivity index (χ3v) is 2.03. The van der Waals surface area contributed by atoms with Crippen molar-refractivity contribution < 1.29 is 27.5 Å². The molecular formula is C10H5F3N2O3. The van der Waals surface area contributed by atoms with Crippen molar-refractivity contribution in [3.05, 3.63) is 35.9 Å². The lowest BCUT2D eigenvalue weighted by atomic mass is 10.2. The van der Waals surface area contributed by atoms with Gasteiger partial charge in [0.15, 0.2) is 17.3 Å². The minimum Gasteiger partial charge on any atom is -0.478 e. The number of carboxylic acids is 1. The first-order valence-corrected chi connectivity index (χ1v) is 4.61. The summed E-state index contributed by atoms with van der Waals surface area (Å²) in [5.74, 6) is -2.04. The fraction of sp³-hybridized carbons (Fsp3) is 0.100. The van der Waals surface area contributed by atoms with Crippen LogP contribution in [-0.4, -0.2) is 21.0 Å². The molecule has 0 bridgehead atoms. The van der Waals surface area contributed by atoms with Gasteiger partial charge in [-0.05, 0) is 12.1 Å². The lowest BCUT2D eigenvalue weighted by Gasteiger charge is -2.09. The first-order chi connectivity index (χ1) is 8.39. The van der Waals surface area contributed by atoms with E-state index < -0.39 is 23.4 Å². The molecule has 0 aromatic carbocycles. The number of aromatic carboxylic acids is 1. The zero-order chi connectivity index (χ0) is 13.3. The minimum absolute atomic E-state index is 0.0254. The molecule has 2 aromatic rings. The van der Waals surface area contributed by atoms with E-state index in [-0.39, 0.29) is 11.6 Å². The summed E-state index contributed by atoms with van der Waals surface area (Å²) in [5.41, 5.74) is -2.51. The first kappa shape index (κ1) is 12.1. The van der Waals surface area contributed by atoms with E-state index in [1.807, 2.05) is 0 Å². The molecule has 0 saturated carbocycles. The largest absolute Gasteiger partial charge is 0.478 e. The molecule has 0 atom stereocenters. The maximum atomic E-state index is 12.6. The summed E-state index contributed by atoms with van der Waals surface area (Å²) in [6.45, 7) is 0. The Morgan fingerprint density at radius 3 is 2.61 bits per heavy atom. The van der Waals surface area contributed by atoms with Crippen LogP contribution in [0.3, 0.4) is 0 Å². The monoisotopic (exact) mass is 258 g/mol. The average molecular weight is 258 g/mol. The second kappa shape index (κ2) is 4.13. The Bertz CT molecular complexity index is 579. The van der Waals surface area contributed by atoms with E-state index in [0.29, 0.717) is 6.20 Å². The van der Waals surface area contributed by atoms with Crippen molar-refractivity contribution in [2.24, 2.45) is 0 Å². The summed E-state index contributed by atoms with van der Waals surface area (Å²) in [4.78, 5) is 17.4. The third-order valence-electron chi connectivity index (χ3n) is 2.03. The van der Waals surface area contributed by atoms with Gasteiger partial charge < -0.3 is 9.52 Å². The summed E-state index contributed by atoms with van der Waals surface area (Å²) >= 11 is 0. The van der Waals surface area contributed by atoms with Gasteiger partial charge in [0.2, 0.25) is 0 Å². The van der Waals surface area contributed by atoms with Gasteiger partial charge in [0, 0.05) is 6.20 Å². The molecule has 18 heavy (non-hydrogen) atoms. The molecule has 0 unspecified atom stereocenters. The van der Waals surface area contributed by atoms with E-state index in [0.717, 1.165) is 0 Å². The highest BCUT2D eigenvalue weighted by atomic mass is 19.4. The molecule has 2 rings (SSSR count). The molecule has 94 valence electrons. The fourth-order valence-electron chi connectivity index (χ4n) is 1.28. The number of furan rings is 1. The number of nitrogens with zero attached hydrogens (tertiary/aromatic N) is 2. The SMILES string of the molecule is O=C(O)c1cnc(-c2ccco2)nc1C(F)(F)F. The van der Waals surface area contributed by atoms with Gasteiger partial charge in [-0.15, -0.1) is 0 Å². The lowest BCUT2D eigenvalue weighted by molar-refractivity contribution is -0.141. The maximum absolute atomic E-state index is 12.6. The highest BCUT2D eigenvalue weighted by Gasteiger charge is 2.38. The van der Waals surface area contributed by atoms with E-state index in [1.165, 1.54) is 18.4 Å². The zero-order valence-electron chi connectivity index (χ0n) is 8.60. The molecule has 0 fully saturated rings. The van der Waals surface area contributed by atoms with Crippen LogP contribution in [0.1, 0.15) is 16.1 Å². The Hall–Kier alpha value is -2.38. The second-order valence-corrected chi connectivity index (χ2v) is 3.24. The van der Waals surface area contributed by atoms with Gasteiger partial charge in [0.05, 0.1) is 6.26 Å². The fourth-order valence-corrected chi connectivity index (χ4v) is 1.28. The van der Waals surface area contributed by atoms with Crippen LogP contribution >= 0.6 is 0 Å². The number of hydrogen-bond donors (Lipinski definition) is 1. The standard InChI is InChI=1S/C10H5F3N2O3/c11-10(12,13)7-5(9(16)17)4-14-8(15-7)6-2-1-3-18-6/h1-4H,(H,16,17). The quantitative estimate of drug-likeness (QED) is 0.895. The van der Waals surface area contributed by atoms with Crippen LogP contribution in [0.2, 0.25) is 0 Å². The van der Waals surface area contributed by atoms with Crippen molar-refractivity contribution >= 4 is 5.97 Å². The van der Waals surface area contributed by atoms with Gasteiger partial charge in [-0.1, -0.05) is 0 Å². The Morgan fingerprint density at radius 2 is 2.11 bits per heavy atom. The van der Waals surface area contributed by atoms with Crippen LogP contribution in [0.15, 0.2) is 29.0 Å². The van der Waals surface area contributed by atoms with Crippen LogP contribution in [0, 0.1) is 0 Å². The minimum atomic E-state index is -4.88. The maximum Gasteiger partial charge on any atom is 0.434 e. The highest BCUT2D eigenvalue weighted by Crippen LogP contribution is 2.31. The number of alkyl halides is 3. The first-order valence-electron chi connectivity index (χ1n) is 4.61. The second-order valence-electron chi connectivity index (χ2n) is 3.24. The van der Waals surface area contributed by atoms with Gasteiger partial charge in [-0.3, -0.25) is 0 Å². The van der Waals surface area contributed by atoms with E-state index in [4.69, 9.17) is 9.52 Å². The Balaban J connectivity index is 2.60. The van der Waals surface area contributed by atoms with E-state index >= 15 is 0 Å². The predicted molar refractivity (Wildman–Crippen MR) is 51.7 cm³/mol. The molecule has 0 aliphatic rings. The number of rotatable bonds is 2. The average Bonchev–Trinajstić information content (AvgIpc) is 2.80. The number of hydrogen-bond acceptors (Lipinski definition) is 4. The third kappa shape index (κ3) is 2.17. The normalized spacial score (nSPS) is 11.5. The van der Waals surface area contributed by atoms with Crippen molar-refractivity contribution in [3.8, 4) is 11.6 Å². The van der Waals surface area contributed by atoms with Crippen LogP contribution in [0.5, 0.6) is 0 Å². The lowest BCUT2D eigenvalue weighted by Crippen LogP contribution is -2.16. The van der Waals surface area contributed by atoms with Gasteiger partial charge in [0.1, 0.15) is 5.56 Å². The van der Waals surface area contributed by atoms with Crippen molar-refractivity contribution in [2.75, 3.05) is 0 Å². The number of aromatic nitrogens is 2. The van der Waals surface area contributed by atoms with Crippen molar-refractivity contribution in [1.82, 2.24) is 9.97 Å². The van der Waals surface area contributed by atoms with E-state index in [1.54, 1.807) is 0 Å². The Kier molecular flexibility index (Phi) is 2.77. The molecule has 0 aliphatic carbocycles. The molecule has 1 N–H and O–H groups in total. The molecule has 0 spiro atoms. The molecule has 0 saturated heterocycles. The van der Waals surface area contributed by atoms with Gasteiger partial charge in [0.25, 0.3) is 0 Å². The molecule has 0 aliphatic heterocycles. The molecule has 2 aromatic heterocycles. The van der Waals surface area contributed by atoms with Gasteiger partial charge in [-0.2, -0.15) is 13.2 Å². The molecule has 0 radical (unpaired) electrons. The summed E-state index contributed by atoms with van der Waals surface area (Å²) < 4.78 is 42.8. The van der Waals surface area contributed by atoms with E-state index in [9.17, 15) is 18.0 Å². The summed E-state index contributed by atoms with van der Waals surface area (Å²) in [5, 5.41) is 8.65.